The summed E-state index contributed by atoms with van der Waals surface area (Å²) in [4.78, 5) is 1.92. The zero-order valence-corrected chi connectivity index (χ0v) is 5.47. The summed E-state index contributed by atoms with van der Waals surface area (Å²) >= 11 is 0. The predicted molar refractivity (Wildman–Crippen MR) is 31.9 cm³/mol. The van der Waals surface area contributed by atoms with Crippen LogP contribution in [0.15, 0.2) is 0 Å². The molecule has 0 saturated carbocycles. The number of nitrogens with one attached hydrogen (secondary N) is 1. The summed E-state index contributed by atoms with van der Waals surface area (Å²) in [5, 5.41) is 10.7. The van der Waals surface area contributed by atoms with Crippen molar-refractivity contribution < 1.29 is 0 Å². The topological polar surface area (TPSA) is 39.1 Å². The zero-order valence-electron chi connectivity index (χ0n) is 5.47. The van der Waals surface area contributed by atoms with Crippen molar-refractivity contribution in [3.63, 3.8) is 0 Å². The van der Waals surface area contributed by atoms with Crippen LogP contribution < -0.4 is 5.32 Å². The molecular weight excluding hydrogens is 102 g/mol. The highest BCUT2D eigenvalue weighted by Gasteiger charge is 1.98. The Hall–Kier alpha value is -0.750. The summed E-state index contributed by atoms with van der Waals surface area (Å²) in [6.45, 7) is 1.92. The number of nitrogens with zero attached hydrogens (tertiary/aromatic N) is 2. The third-order valence-electron chi connectivity index (χ3n) is 1.05. The minimum Gasteiger partial charge on any atom is -0.308 e. The lowest BCUT2D eigenvalue weighted by Crippen LogP contribution is -2.35. The molecular formula is C5H11N3. The summed E-state index contributed by atoms with van der Waals surface area (Å²) < 4.78 is 0. The standard InChI is InChI=1S/C5H11N3/c1-5(7-4-6)8(2)3/h5,7H,1-3H3. The van der Waals surface area contributed by atoms with Gasteiger partial charge in [-0.2, -0.15) is 5.26 Å². The summed E-state index contributed by atoms with van der Waals surface area (Å²) in [6.07, 6.45) is 2.00. The van der Waals surface area contributed by atoms with Crippen molar-refractivity contribution in [2.24, 2.45) is 0 Å². The molecule has 8 heavy (non-hydrogen) atoms. The zero-order chi connectivity index (χ0) is 6.57. The first-order valence-electron chi connectivity index (χ1n) is 2.49. The normalized spacial score (nSPS) is 12.9. The van der Waals surface area contributed by atoms with Gasteiger partial charge in [-0.25, -0.2) is 0 Å². The fourth-order valence-electron chi connectivity index (χ4n) is 0.223. The van der Waals surface area contributed by atoms with E-state index in [1.54, 1.807) is 0 Å². The van der Waals surface area contributed by atoms with Crippen LogP contribution >= 0.6 is 0 Å². The number of hydrogen-bond donors (Lipinski definition) is 1. The van der Waals surface area contributed by atoms with Gasteiger partial charge in [-0.1, -0.05) is 0 Å². The Morgan fingerprint density at radius 3 is 2.25 bits per heavy atom. The quantitative estimate of drug-likeness (QED) is 0.310. The van der Waals surface area contributed by atoms with Crippen LogP contribution in [0.2, 0.25) is 0 Å². The Kier molecular flexibility index (Phi) is 2.97. The van der Waals surface area contributed by atoms with Crippen molar-refractivity contribution in [2.75, 3.05) is 14.1 Å². The molecule has 1 N–H and O–H groups in total. The Balaban J connectivity index is 3.35. The van der Waals surface area contributed by atoms with E-state index in [1.165, 1.54) is 0 Å². The van der Waals surface area contributed by atoms with E-state index in [-0.39, 0.29) is 6.17 Å². The van der Waals surface area contributed by atoms with Gasteiger partial charge in [-0.15, -0.1) is 0 Å². The summed E-state index contributed by atoms with van der Waals surface area (Å²) in [5.41, 5.74) is 0. The molecule has 0 amide bonds. The van der Waals surface area contributed by atoms with Gasteiger partial charge >= 0.3 is 0 Å². The van der Waals surface area contributed by atoms with Gasteiger partial charge in [0, 0.05) is 0 Å². The van der Waals surface area contributed by atoms with Gasteiger partial charge in [0.1, 0.15) is 0 Å². The Bertz CT molecular complexity index is 92.3. The largest absolute Gasteiger partial charge is 0.308 e. The van der Waals surface area contributed by atoms with Gasteiger partial charge in [0.2, 0.25) is 0 Å². The van der Waals surface area contributed by atoms with Gasteiger partial charge < -0.3 is 5.32 Å². The highest BCUT2D eigenvalue weighted by atomic mass is 15.2. The fourth-order valence-corrected chi connectivity index (χ4v) is 0.223. The van der Waals surface area contributed by atoms with Gasteiger partial charge in [-0.3, -0.25) is 4.90 Å². The molecule has 0 radical (unpaired) electrons. The minimum absolute atomic E-state index is 0.139. The predicted octanol–water partition coefficient (Wildman–Crippen LogP) is -0.0353. The Labute approximate surface area is 49.9 Å². The molecule has 0 spiro atoms. The molecule has 0 fully saturated rings. The van der Waals surface area contributed by atoms with Crippen molar-refractivity contribution in [2.45, 2.75) is 13.1 Å². The SMILES string of the molecule is CC(NC#N)N(C)C. The average Bonchev–Trinajstić information content (AvgIpc) is 1.67. The van der Waals surface area contributed by atoms with E-state index < -0.39 is 0 Å². The average molecular weight is 113 g/mol. The second kappa shape index (κ2) is 3.28. The van der Waals surface area contributed by atoms with E-state index in [0.29, 0.717) is 0 Å². The van der Waals surface area contributed by atoms with Crippen LogP contribution in [0.3, 0.4) is 0 Å². The fraction of sp³-hybridized carbons (Fsp3) is 0.800. The maximum absolute atomic E-state index is 8.10. The Morgan fingerprint density at radius 2 is 2.12 bits per heavy atom. The first-order chi connectivity index (χ1) is 3.68. The van der Waals surface area contributed by atoms with E-state index in [1.807, 2.05) is 32.1 Å². The summed E-state index contributed by atoms with van der Waals surface area (Å²) in [7, 11) is 3.82. The highest BCUT2D eigenvalue weighted by Crippen LogP contribution is 1.81. The first-order valence-corrected chi connectivity index (χ1v) is 2.49. The Morgan fingerprint density at radius 1 is 1.62 bits per heavy atom. The van der Waals surface area contributed by atoms with Gasteiger partial charge in [0.05, 0.1) is 6.17 Å². The first kappa shape index (κ1) is 7.25. The van der Waals surface area contributed by atoms with Crippen LogP contribution in [0.1, 0.15) is 6.92 Å². The van der Waals surface area contributed by atoms with Gasteiger partial charge in [0.25, 0.3) is 0 Å². The molecule has 0 bridgehead atoms. The highest BCUT2D eigenvalue weighted by molar-refractivity contribution is 4.69. The van der Waals surface area contributed by atoms with Gasteiger partial charge in [-0.05, 0) is 21.0 Å². The molecule has 1 unspecified atom stereocenters. The third kappa shape index (κ3) is 2.43. The van der Waals surface area contributed by atoms with E-state index in [9.17, 15) is 0 Å². The molecule has 1 atom stereocenters. The van der Waals surface area contributed by atoms with Crippen molar-refractivity contribution in [3.05, 3.63) is 0 Å². The molecule has 0 aliphatic carbocycles. The maximum atomic E-state index is 8.10. The molecule has 0 aliphatic heterocycles. The lowest BCUT2D eigenvalue weighted by Gasteiger charge is -2.16. The molecule has 0 aliphatic rings. The van der Waals surface area contributed by atoms with Crippen LogP contribution in [0, 0.1) is 11.5 Å². The van der Waals surface area contributed by atoms with E-state index in [4.69, 9.17) is 5.26 Å². The van der Waals surface area contributed by atoms with E-state index in [0.717, 1.165) is 0 Å². The molecule has 3 heteroatoms. The van der Waals surface area contributed by atoms with Crippen LogP contribution in [0.4, 0.5) is 0 Å². The lowest BCUT2D eigenvalue weighted by molar-refractivity contribution is 0.291. The molecule has 46 valence electrons. The molecule has 3 nitrogen and oxygen atoms in total. The van der Waals surface area contributed by atoms with Crippen molar-refractivity contribution in [1.82, 2.24) is 10.2 Å². The second-order valence-corrected chi connectivity index (χ2v) is 1.90. The molecule has 0 aromatic rings. The van der Waals surface area contributed by atoms with Crippen LogP contribution in [-0.2, 0) is 0 Å². The smallest absolute Gasteiger partial charge is 0.177 e. The van der Waals surface area contributed by atoms with Crippen molar-refractivity contribution >= 4 is 0 Å². The lowest BCUT2D eigenvalue weighted by atomic mass is 10.5. The molecule has 0 rings (SSSR count). The molecule has 0 aromatic heterocycles. The number of hydrogen-bond acceptors (Lipinski definition) is 3. The van der Waals surface area contributed by atoms with Crippen LogP contribution in [0.5, 0.6) is 0 Å². The summed E-state index contributed by atoms with van der Waals surface area (Å²) in [5.74, 6) is 0. The van der Waals surface area contributed by atoms with Crippen LogP contribution in [-0.4, -0.2) is 25.2 Å². The third-order valence-corrected chi connectivity index (χ3v) is 1.05. The van der Waals surface area contributed by atoms with Crippen molar-refractivity contribution in [3.8, 4) is 6.19 Å². The van der Waals surface area contributed by atoms with Crippen LogP contribution in [0.25, 0.3) is 0 Å². The second-order valence-electron chi connectivity index (χ2n) is 1.90. The molecule has 0 heterocycles. The van der Waals surface area contributed by atoms with E-state index >= 15 is 0 Å². The summed E-state index contributed by atoms with van der Waals surface area (Å²) in [6, 6.07) is 0. The van der Waals surface area contributed by atoms with Gasteiger partial charge in [0.15, 0.2) is 6.19 Å². The maximum Gasteiger partial charge on any atom is 0.177 e. The molecule has 0 aromatic carbocycles. The van der Waals surface area contributed by atoms with Crippen molar-refractivity contribution in [1.29, 1.82) is 5.26 Å². The number of nitriles is 1. The molecule has 0 saturated heterocycles. The monoisotopic (exact) mass is 113 g/mol. The van der Waals surface area contributed by atoms with E-state index in [2.05, 4.69) is 5.32 Å². The minimum atomic E-state index is 0.139. The number of rotatable bonds is 2.